The van der Waals surface area contributed by atoms with Gasteiger partial charge in [0, 0.05) is 17.1 Å². The normalized spacial score (nSPS) is 18.3. The summed E-state index contributed by atoms with van der Waals surface area (Å²) in [5.74, 6) is 0.838. The summed E-state index contributed by atoms with van der Waals surface area (Å²) in [5, 5.41) is 17.9. The molecule has 1 atom stereocenters. The average Bonchev–Trinajstić information content (AvgIpc) is 2.84. The van der Waals surface area contributed by atoms with E-state index in [2.05, 4.69) is 10.6 Å². The van der Waals surface area contributed by atoms with Crippen molar-refractivity contribution in [3.8, 4) is 11.5 Å². The number of aliphatic hydroxyl groups excluding tert-OH is 1. The molecule has 1 aliphatic rings. The van der Waals surface area contributed by atoms with Crippen molar-refractivity contribution in [3.63, 3.8) is 0 Å². The second kappa shape index (κ2) is 13.4. The number of carbonyl (C=O) groups excluding carboxylic acids is 2. The van der Waals surface area contributed by atoms with Crippen LogP contribution in [0, 0.1) is 0 Å². The van der Waals surface area contributed by atoms with E-state index >= 15 is 0 Å². The maximum Gasteiger partial charge on any atom is 0.407 e. The number of nitrogens with one attached hydrogen (secondary N) is 2. The van der Waals surface area contributed by atoms with Gasteiger partial charge in [0.15, 0.2) is 11.5 Å². The van der Waals surface area contributed by atoms with Crippen LogP contribution in [0.3, 0.4) is 0 Å². The highest BCUT2D eigenvalue weighted by Gasteiger charge is 2.27. The van der Waals surface area contributed by atoms with E-state index in [0.29, 0.717) is 33.2 Å². The van der Waals surface area contributed by atoms with Crippen molar-refractivity contribution in [1.29, 1.82) is 0 Å². The number of amides is 2. The van der Waals surface area contributed by atoms with E-state index in [4.69, 9.17) is 25.8 Å². The molecule has 8 nitrogen and oxygen atoms in total. The maximum absolute atomic E-state index is 13.1. The standard InChI is InChI=1S/C30H41ClN2O6/c1-18(2)38-26-17-24(28(35)19-7-9-21(31)10-8-19)20(15-25(26)37-6)16-27(34)32-22-11-13-23(14-12-22)33-29(36)39-30(3,4)5/h7-10,15,17-18,22-23,28,35H,11-14,16H2,1-6H3,(H,32,34)(H,33,36)/t22-,23-,28?. The van der Waals surface area contributed by atoms with Gasteiger partial charge in [-0.05, 0) is 101 Å². The van der Waals surface area contributed by atoms with Crippen molar-refractivity contribution in [2.24, 2.45) is 0 Å². The number of halogens is 1. The lowest BCUT2D eigenvalue weighted by Crippen LogP contribution is -2.45. The summed E-state index contributed by atoms with van der Waals surface area (Å²) in [5.41, 5.74) is 1.31. The molecule has 0 bridgehead atoms. The summed E-state index contributed by atoms with van der Waals surface area (Å²) in [6, 6.07) is 10.5. The van der Waals surface area contributed by atoms with Crippen molar-refractivity contribution >= 4 is 23.6 Å². The number of ether oxygens (including phenoxy) is 3. The first-order valence-electron chi connectivity index (χ1n) is 13.4. The number of hydrogen-bond acceptors (Lipinski definition) is 6. The summed E-state index contributed by atoms with van der Waals surface area (Å²) in [6.45, 7) is 9.32. The fourth-order valence-electron chi connectivity index (χ4n) is 4.66. The van der Waals surface area contributed by atoms with Crippen LogP contribution in [-0.4, -0.2) is 48.0 Å². The second-order valence-electron chi connectivity index (χ2n) is 11.3. The molecule has 3 rings (SSSR count). The monoisotopic (exact) mass is 560 g/mol. The molecule has 9 heteroatoms. The fraction of sp³-hybridized carbons (Fsp3) is 0.533. The molecule has 3 N–H and O–H groups in total. The molecular formula is C30H41ClN2O6. The van der Waals surface area contributed by atoms with Crippen LogP contribution in [0.15, 0.2) is 36.4 Å². The van der Waals surface area contributed by atoms with Crippen molar-refractivity contribution < 1.29 is 28.9 Å². The molecule has 1 aliphatic carbocycles. The highest BCUT2D eigenvalue weighted by atomic mass is 35.5. The Morgan fingerprint density at radius 1 is 1.00 bits per heavy atom. The highest BCUT2D eigenvalue weighted by molar-refractivity contribution is 6.30. The van der Waals surface area contributed by atoms with Gasteiger partial charge in [-0.1, -0.05) is 23.7 Å². The molecule has 0 heterocycles. The van der Waals surface area contributed by atoms with E-state index in [9.17, 15) is 14.7 Å². The molecule has 1 saturated carbocycles. The summed E-state index contributed by atoms with van der Waals surface area (Å²) >= 11 is 6.04. The van der Waals surface area contributed by atoms with Gasteiger partial charge in [-0.15, -0.1) is 0 Å². The number of alkyl carbamates (subject to hydrolysis) is 1. The quantitative estimate of drug-likeness (QED) is 0.362. The lowest BCUT2D eigenvalue weighted by molar-refractivity contribution is -0.121. The Bertz CT molecular complexity index is 1120. The molecule has 0 saturated heterocycles. The molecule has 0 aliphatic heterocycles. The van der Waals surface area contributed by atoms with Crippen LogP contribution < -0.4 is 20.1 Å². The Morgan fingerprint density at radius 3 is 2.13 bits per heavy atom. The molecule has 214 valence electrons. The van der Waals surface area contributed by atoms with Gasteiger partial charge >= 0.3 is 6.09 Å². The van der Waals surface area contributed by atoms with Crippen LogP contribution in [0.1, 0.15) is 83.1 Å². The van der Waals surface area contributed by atoms with Crippen molar-refractivity contribution in [2.75, 3.05) is 7.11 Å². The molecule has 1 unspecified atom stereocenters. The van der Waals surface area contributed by atoms with E-state index in [0.717, 1.165) is 25.7 Å². The van der Waals surface area contributed by atoms with Crippen LogP contribution in [-0.2, 0) is 16.0 Å². The molecule has 0 radical (unpaired) electrons. The number of carbonyl (C=O) groups is 2. The molecule has 0 aromatic heterocycles. The zero-order chi connectivity index (χ0) is 28.7. The second-order valence-corrected chi connectivity index (χ2v) is 11.7. The SMILES string of the molecule is COc1cc(CC(=O)N[C@H]2CC[C@H](NC(=O)OC(C)(C)C)CC2)c(C(O)c2ccc(Cl)cc2)cc1OC(C)C. The first kappa shape index (κ1) is 30.6. The lowest BCUT2D eigenvalue weighted by atomic mass is 9.90. The Morgan fingerprint density at radius 2 is 1.59 bits per heavy atom. The van der Waals surface area contributed by atoms with Crippen LogP contribution >= 0.6 is 11.6 Å². The minimum absolute atomic E-state index is 0.00395. The Balaban J connectivity index is 1.70. The van der Waals surface area contributed by atoms with Crippen LogP contribution in [0.25, 0.3) is 0 Å². The summed E-state index contributed by atoms with van der Waals surface area (Å²) in [6.07, 6.45) is 1.55. The van der Waals surface area contributed by atoms with Gasteiger partial charge < -0.3 is 30.0 Å². The van der Waals surface area contributed by atoms with Crippen molar-refractivity contribution in [2.45, 2.75) is 96.6 Å². The van der Waals surface area contributed by atoms with Gasteiger partial charge in [-0.2, -0.15) is 0 Å². The zero-order valence-electron chi connectivity index (χ0n) is 23.7. The third kappa shape index (κ3) is 9.32. The topological polar surface area (TPSA) is 106 Å². The van der Waals surface area contributed by atoms with Gasteiger partial charge in [0.25, 0.3) is 0 Å². The van der Waals surface area contributed by atoms with Gasteiger partial charge in [0.1, 0.15) is 11.7 Å². The fourth-order valence-corrected chi connectivity index (χ4v) is 4.79. The Kier molecular flexibility index (Phi) is 10.5. The summed E-state index contributed by atoms with van der Waals surface area (Å²) in [4.78, 5) is 25.2. The van der Waals surface area contributed by atoms with E-state index in [1.165, 1.54) is 0 Å². The highest BCUT2D eigenvalue weighted by Crippen LogP contribution is 2.37. The van der Waals surface area contributed by atoms with Gasteiger partial charge in [0.05, 0.1) is 19.6 Å². The predicted octanol–water partition coefficient (Wildman–Crippen LogP) is 5.71. The Hall–Kier alpha value is -2.97. The smallest absolute Gasteiger partial charge is 0.407 e. The molecule has 2 amide bonds. The third-order valence-electron chi connectivity index (χ3n) is 6.43. The van der Waals surface area contributed by atoms with E-state index in [1.807, 2.05) is 34.6 Å². The van der Waals surface area contributed by atoms with Crippen LogP contribution in [0.2, 0.25) is 5.02 Å². The minimum Gasteiger partial charge on any atom is -0.493 e. The lowest BCUT2D eigenvalue weighted by Gasteiger charge is -2.30. The molecule has 2 aromatic carbocycles. The van der Waals surface area contributed by atoms with Crippen molar-refractivity contribution in [1.82, 2.24) is 10.6 Å². The number of hydrogen-bond donors (Lipinski definition) is 3. The minimum atomic E-state index is -0.986. The van der Waals surface area contributed by atoms with E-state index < -0.39 is 17.8 Å². The van der Waals surface area contributed by atoms with Gasteiger partial charge in [-0.3, -0.25) is 4.79 Å². The predicted molar refractivity (Wildman–Crippen MR) is 152 cm³/mol. The molecule has 1 fully saturated rings. The van der Waals surface area contributed by atoms with Crippen LogP contribution in [0.4, 0.5) is 4.79 Å². The average molecular weight is 561 g/mol. The van der Waals surface area contributed by atoms with E-state index in [-0.39, 0.29) is 30.5 Å². The van der Waals surface area contributed by atoms with E-state index in [1.54, 1.807) is 43.5 Å². The summed E-state index contributed by atoms with van der Waals surface area (Å²) in [7, 11) is 1.55. The number of aliphatic hydroxyl groups is 1. The number of benzene rings is 2. The number of rotatable bonds is 9. The third-order valence-corrected chi connectivity index (χ3v) is 6.68. The molecule has 39 heavy (non-hydrogen) atoms. The molecule has 0 spiro atoms. The van der Waals surface area contributed by atoms with Gasteiger partial charge in [-0.25, -0.2) is 4.79 Å². The number of methoxy groups -OCH3 is 1. The molecule has 2 aromatic rings. The van der Waals surface area contributed by atoms with Crippen molar-refractivity contribution in [3.05, 3.63) is 58.1 Å². The Labute approximate surface area is 236 Å². The first-order chi connectivity index (χ1) is 18.3. The maximum atomic E-state index is 13.1. The largest absolute Gasteiger partial charge is 0.493 e. The first-order valence-corrected chi connectivity index (χ1v) is 13.8. The summed E-state index contributed by atoms with van der Waals surface area (Å²) < 4.78 is 16.8. The van der Waals surface area contributed by atoms with Crippen LogP contribution in [0.5, 0.6) is 11.5 Å². The van der Waals surface area contributed by atoms with Gasteiger partial charge in [0.2, 0.25) is 5.91 Å². The molecular weight excluding hydrogens is 520 g/mol. The zero-order valence-corrected chi connectivity index (χ0v) is 24.4.